The number of thiophene rings is 1. The van der Waals surface area contributed by atoms with Gasteiger partial charge in [-0.25, -0.2) is 9.59 Å². The minimum atomic E-state index is -1.14. The molecule has 1 aliphatic heterocycles. The molecule has 37 heavy (non-hydrogen) atoms. The van der Waals surface area contributed by atoms with Crippen molar-refractivity contribution < 1.29 is 28.7 Å². The molecule has 0 aliphatic carbocycles. The van der Waals surface area contributed by atoms with Crippen molar-refractivity contribution in [3.8, 4) is 5.75 Å². The molecule has 12 heteroatoms. The van der Waals surface area contributed by atoms with E-state index >= 15 is 0 Å². The number of esters is 1. The predicted molar refractivity (Wildman–Crippen MR) is 138 cm³/mol. The quantitative estimate of drug-likeness (QED) is 0.172. The Morgan fingerprint density at radius 3 is 2.59 bits per heavy atom. The summed E-state index contributed by atoms with van der Waals surface area (Å²) in [5.41, 5.74) is 6.80. The number of benzene rings is 1. The molecule has 0 saturated heterocycles. The molecule has 0 bridgehead atoms. The van der Waals surface area contributed by atoms with Crippen molar-refractivity contribution in [2.45, 2.75) is 46.8 Å². The molecular formula is C25H33N5O6S. The minimum Gasteiger partial charge on any atom is -0.476 e. The smallest absolute Gasteiger partial charge is 0.349 e. The molecule has 0 atom stereocenters. The van der Waals surface area contributed by atoms with Crippen LogP contribution in [0.1, 0.15) is 42.3 Å². The van der Waals surface area contributed by atoms with E-state index in [2.05, 4.69) is 10.9 Å². The van der Waals surface area contributed by atoms with Crippen LogP contribution in [0.2, 0.25) is 0 Å². The van der Waals surface area contributed by atoms with Gasteiger partial charge in [0, 0.05) is 6.54 Å². The molecule has 2 aromatic rings. The summed E-state index contributed by atoms with van der Waals surface area (Å²) < 4.78 is 11.2. The first-order valence-corrected chi connectivity index (χ1v) is 12.6. The molecule has 1 aliphatic rings. The Hall–Kier alpha value is -3.61. The van der Waals surface area contributed by atoms with E-state index in [1.165, 1.54) is 22.8 Å². The van der Waals surface area contributed by atoms with Crippen LogP contribution in [0.4, 0.5) is 0 Å². The Kier molecular flexibility index (Phi) is 9.50. The fourth-order valence-corrected chi connectivity index (χ4v) is 4.23. The molecule has 3 rings (SSSR count). The van der Waals surface area contributed by atoms with Crippen LogP contribution in [0, 0.1) is 19.3 Å². The van der Waals surface area contributed by atoms with E-state index in [1.54, 1.807) is 33.0 Å². The second-order valence-corrected chi connectivity index (χ2v) is 9.81. The molecule has 3 N–H and O–H groups in total. The third-order valence-electron chi connectivity index (χ3n) is 5.24. The summed E-state index contributed by atoms with van der Waals surface area (Å²) in [6.07, 6.45) is 3.12. The minimum absolute atomic E-state index is 0.0104. The zero-order chi connectivity index (χ0) is 27.0. The van der Waals surface area contributed by atoms with Crippen LogP contribution < -0.4 is 15.6 Å². The number of carbonyl (C=O) groups excluding carboxylic acids is 2. The maximum atomic E-state index is 12.6. The lowest BCUT2D eigenvalue weighted by Gasteiger charge is -2.28. The van der Waals surface area contributed by atoms with E-state index in [1.807, 2.05) is 42.3 Å². The van der Waals surface area contributed by atoms with Crippen molar-refractivity contribution in [1.82, 2.24) is 21.0 Å². The van der Waals surface area contributed by atoms with Crippen molar-refractivity contribution in [2.24, 2.45) is 0 Å². The van der Waals surface area contributed by atoms with Gasteiger partial charge in [0.1, 0.15) is 25.2 Å². The Bertz CT molecular complexity index is 1100. The molecular weight excluding hydrogens is 498 g/mol. The highest BCUT2D eigenvalue weighted by Crippen LogP contribution is 2.29. The molecule has 0 spiro atoms. The van der Waals surface area contributed by atoms with Gasteiger partial charge in [-0.3, -0.25) is 15.7 Å². The molecule has 0 saturated carbocycles. The van der Waals surface area contributed by atoms with E-state index in [4.69, 9.17) is 24.6 Å². The molecule has 0 unspecified atom stereocenters. The number of hydrogen-bond acceptors (Lipinski definition) is 11. The number of nitrogens with one attached hydrogen (secondary N) is 3. The normalized spacial score (nSPS) is 13.1. The zero-order valence-electron chi connectivity index (χ0n) is 21.6. The van der Waals surface area contributed by atoms with E-state index in [9.17, 15) is 9.59 Å². The highest BCUT2D eigenvalue weighted by molar-refractivity contribution is 7.12. The standard InChI is InChI=1S/C25H33N5O6S/c1-6-33-24(32)25(4,5)35-22-17(2)12-19(13-18(22)3)14-29(16-30-27-9-10-34-30)15-21(31)36-28-23(26)20-8-7-11-37-20/h7-13,27H,6,14-16H2,1-5H3,(H2,26,28). The molecule has 11 nitrogen and oxygen atoms in total. The van der Waals surface area contributed by atoms with Gasteiger partial charge in [-0.1, -0.05) is 18.2 Å². The number of aryl methyl sites for hydroxylation is 2. The van der Waals surface area contributed by atoms with Gasteiger partial charge in [-0.2, -0.15) is 5.48 Å². The summed E-state index contributed by atoms with van der Waals surface area (Å²) in [6, 6.07) is 7.47. The van der Waals surface area contributed by atoms with Gasteiger partial charge >= 0.3 is 11.9 Å². The number of nitrogens with zero attached hydrogens (tertiary/aromatic N) is 2. The number of amidine groups is 1. The summed E-state index contributed by atoms with van der Waals surface area (Å²) in [6.45, 7) is 9.75. The molecule has 200 valence electrons. The van der Waals surface area contributed by atoms with Gasteiger partial charge in [0.25, 0.3) is 0 Å². The summed E-state index contributed by atoms with van der Waals surface area (Å²) in [5, 5.41) is 11.3. The average Bonchev–Trinajstić information content (AvgIpc) is 3.55. The maximum absolute atomic E-state index is 12.6. The van der Waals surface area contributed by atoms with Crippen LogP contribution in [-0.2, 0) is 30.5 Å². The van der Waals surface area contributed by atoms with Crippen LogP contribution in [0.5, 0.6) is 5.75 Å². The van der Waals surface area contributed by atoms with Crippen molar-refractivity contribution in [1.29, 1.82) is 5.41 Å². The largest absolute Gasteiger partial charge is 0.476 e. The summed E-state index contributed by atoms with van der Waals surface area (Å²) in [4.78, 5) is 37.8. The summed E-state index contributed by atoms with van der Waals surface area (Å²) in [7, 11) is 0. The number of hydroxylamine groups is 2. The van der Waals surface area contributed by atoms with E-state index in [-0.39, 0.29) is 25.7 Å². The Morgan fingerprint density at radius 2 is 2.00 bits per heavy atom. The highest BCUT2D eigenvalue weighted by Gasteiger charge is 2.32. The fraction of sp³-hybridized carbons (Fsp3) is 0.400. The van der Waals surface area contributed by atoms with Crippen LogP contribution in [0.25, 0.3) is 0 Å². The van der Waals surface area contributed by atoms with Gasteiger partial charge in [-0.05, 0) is 67.9 Å². The second kappa shape index (κ2) is 12.6. The first kappa shape index (κ1) is 28.0. The van der Waals surface area contributed by atoms with E-state index < -0.39 is 17.5 Å². The zero-order valence-corrected chi connectivity index (χ0v) is 22.4. The fourth-order valence-electron chi connectivity index (χ4n) is 3.61. The van der Waals surface area contributed by atoms with Crippen molar-refractivity contribution in [3.63, 3.8) is 0 Å². The van der Waals surface area contributed by atoms with Crippen molar-refractivity contribution >= 4 is 29.1 Å². The predicted octanol–water partition coefficient (Wildman–Crippen LogP) is 3.14. The Labute approximate surface area is 220 Å². The number of rotatable bonds is 11. The molecule has 2 heterocycles. The number of hydrogen-bond donors (Lipinski definition) is 3. The lowest BCUT2D eigenvalue weighted by atomic mass is 10.0. The van der Waals surface area contributed by atoms with Gasteiger partial charge in [0.15, 0.2) is 11.4 Å². The third-order valence-corrected chi connectivity index (χ3v) is 6.13. The molecule has 1 aromatic heterocycles. The van der Waals surface area contributed by atoms with Gasteiger partial charge in [-0.15, -0.1) is 11.3 Å². The van der Waals surface area contributed by atoms with E-state index in [0.717, 1.165) is 16.7 Å². The van der Waals surface area contributed by atoms with Crippen molar-refractivity contribution in [3.05, 3.63) is 63.7 Å². The summed E-state index contributed by atoms with van der Waals surface area (Å²) >= 11 is 1.37. The molecule has 1 aromatic carbocycles. The number of ether oxygens (including phenoxy) is 2. The monoisotopic (exact) mass is 531 g/mol. The first-order valence-electron chi connectivity index (χ1n) is 11.7. The maximum Gasteiger partial charge on any atom is 0.349 e. The molecule has 0 fully saturated rings. The van der Waals surface area contributed by atoms with E-state index in [0.29, 0.717) is 17.2 Å². The molecule has 0 amide bonds. The van der Waals surface area contributed by atoms with Gasteiger partial charge in [0.05, 0.1) is 17.7 Å². The SMILES string of the molecule is CCOC(=O)C(C)(C)Oc1c(C)cc(CN(CC(=O)ONC(=N)c2cccs2)CN2NC=CO2)cc1C. The van der Waals surface area contributed by atoms with Gasteiger partial charge in [0.2, 0.25) is 0 Å². The summed E-state index contributed by atoms with van der Waals surface area (Å²) in [5.74, 6) is -0.373. The third kappa shape index (κ3) is 7.94. The van der Waals surface area contributed by atoms with Crippen LogP contribution >= 0.6 is 11.3 Å². The molecule has 0 radical (unpaired) electrons. The average molecular weight is 532 g/mol. The van der Waals surface area contributed by atoms with Crippen LogP contribution in [0.15, 0.2) is 42.1 Å². The second-order valence-electron chi connectivity index (χ2n) is 8.86. The Morgan fingerprint density at radius 1 is 1.27 bits per heavy atom. The number of carbonyl (C=O) groups is 2. The number of hydrazine groups is 1. The highest BCUT2D eigenvalue weighted by atomic mass is 32.1. The lowest BCUT2D eigenvalue weighted by molar-refractivity contribution is -0.161. The lowest BCUT2D eigenvalue weighted by Crippen LogP contribution is -2.43. The topological polar surface area (TPSA) is 125 Å². The first-order chi connectivity index (χ1) is 17.6. The Balaban J connectivity index is 1.68. The van der Waals surface area contributed by atoms with Crippen LogP contribution in [0.3, 0.4) is 0 Å². The van der Waals surface area contributed by atoms with Crippen LogP contribution in [-0.4, -0.2) is 53.3 Å². The van der Waals surface area contributed by atoms with Crippen molar-refractivity contribution in [2.75, 3.05) is 19.8 Å². The van der Waals surface area contributed by atoms with Gasteiger partial charge < -0.3 is 19.1 Å².